The molecular formula is C40H44CaO4. The van der Waals surface area contributed by atoms with Gasteiger partial charge in [0.25, 0.3) is 0 Å². The number of hydrogen-bond acceptors (Lipinski definition) is 4. The molecule has 5 heteroatoms. The van der Waals surface area contributed by atoms with Crippen LogP contribution in [0.3, 0.4) is 0 Å². The van der Waals surface area contributed by atoms with E-state index in [9.17, 15) is 19.8 Å². The molecule has 45 heavy (non-hydrogen) atoms. The fraction of sp³-hybridized carbons (Fsp3) is 0.300. The Morgan fingerprint density at radius 3 is 1.29 bits per heavy atom. The molecule has 0 aliphatic heterocycles. The molecule has 0 fully saturated rings. The van der Waals surface area contributed by atoms with Gasteiger partial charge < -0.3 is 19.8 Å². The number of carbonyl (C=O) groups excluding carboxylic acids is 2. The molecule has 0 amide bonds. The van der Waals surface area contributed by atoms with Crippen molar-refractivity contribution in [1.82, 2.24) is 0 Å². The average molecular weight is 629 g/mol. The van der Waals surface area contributed by atoms with Crippen LogP contribution in [0.4, 0.5) is 0 Å². The molecule has 4 nitrogen and oxygen atoms in total. The molecule has 0 heterocycles. The predicted molar refractivity (Wildman–Crippen MR) is 184 cm³/mol. The van der Waals surface area contributed by atoms with Crippen molar-refractivity contribution < 1.29 is 19.8 Å². The fourth-order valence-electron chi connectivity index (χ4n) is 5.27. The fourth-order valence-corrected chi connectivity index (χ4v) is 5.27. The zero-order valence-electron chi connectivity index (χ0n) is 26.6. The summed E-state index contributed by atoms with van der Waals surface area (Å²) in [4.78, 5) is 21.4. The molecule has 230 valence electrons. The van der Waals surface area contributed by atoms with Crippen molar-refractivity contribution >= 4 is 71.2 Å². The molecule has 0 unspecified atom stereocenters. The molecule has 5 aromatic rings. The predicted octanol–water partition coefficient (Wildman–Crippen LogP) is 8.18. The van der Waals surface area contributed by atoms with E-state index in [-0.39, 0.29) is 48.9 Å². The monoisotopic (exact) mass is 628 g/mol. The van der Waals surface area contributed by atoms with Gasteiger partial charge in [-0.25, -0.2) is 0 Å². The third-order valence-electron chi connectivity index (χ3n) is 7.68. The summed E-state index contributed by atoms with van der Waals surface area (Å²) < 4.78 is 0. The van der Waals surface area contributed by atoms with E-state index in [4.69, 9.17) is 0 Å². The summed E-state index contributed by atoms with van der Waals surface area (Å²) in [6.07, 6.45) is 15.5. The number of hydrogen-bond donors (Lipinski definition) is 0. The van der Waals surface area contributed by atoms with Gasteiger partial charge in [-0.3, -0.25) is 0 Å². The maximum atomic E-state index is 10.7. The van der Waals surface area contributed by atoms with E-state index in [2.05, 4.69) is 37.3 Å². The van der Waals surface area contributed by atoms with Crippen LogP contribution >= 0.6 is 0 Å². The van der Waals surface area contributed by atoms with Crippen LogP contribution in [0.15, 0.2) is 115 Å². The third kappa shape index (κ3) is 13.8. The molecule has 0 saturated carbocycles. The molecule has 0 aromatic heterocycles. The second-order valence-electron chi connectivity index (χ2n) is 11.0. The molecule has 0 saturated heterocycles. The van der Waals surface area contributed by atoms with Crippen molar-refractivity contribution in [3.63, 3.8) is 0 Å². The molecule has 0 bridgehead atoms. The van der Waals surface area contributed by atoms with Gasteiger partial charge in [0.15, 0.2) is 0 Å². The van der Waals surface area contributed by atoms with Crippen LogP contribution in [0.2, 0.25) is 0 Å². The van der Waals surface area contributed by atoms with Gasteiger partial charge in [-0.15, -0.1) is 0 Å². The molecule has 0 atom stereocenters. The number of carbonyl (C=O) groups is 2. The average Bonchev–Trinajstić information content (AvgIpc) is 3.06. The van der Waals surface area contributed by atoms with Crippen LogP contribution in [-0.2, 0) is 6.42 Å². The largest absolute Gasteiger partial charge is 2.00 e. The minimum atomic E-state index is -1.13. The number of aryl methyl sites for hydroxylation is 1. The van der Waals surface area contributed by atoms with Crippen LogP contribution in [0.1, 0.15) is 97.4 Å². The molecule has 0 aliphatic carbocycles. The van der Waals surface area contributed by atoms with Gasteiger partial charge in [-0.2, -0.15) is 0 Å². The standard InChI is InChI=1S/C18H30.2C11H8O2.Ca/c1-2-3-4-5-6-7-8-9-10-12-15-18-16-13-11-14-17-18;2*12-11(13)10-7-3-5-8-4-1-2-6-9(8)10;/h11,13-14,16-17H,2-10,12,15H2,1H3;2*1-7H,(H,12,13);/q;;;+2/p-2. The number of rotatable bonds is 13. The van der Waals surface area contributed by atoms with Gasteiger partial charge in [0.05, 0.1) is 11.9 Å². The van der Waals surface area contributed by atoms with E-state index in [0.717, 1.165) is 21.5 Å². The summed E-state index contributed by atoms with van der Waals surface area (Å²) in [5.41, 5.74) is 1.99. The summed E-state index contributed by atoms with van der Waals surface area (Å²) >= 11 is 0. The second-order valence-corrected chi connectivity index (χ2v) is 11.0. The minimum absolute atomic E-state index is 0. The van der Waals surface area contributed by atoms with Crippen LogP contribution in [0.5, 0.6) is 0 Å². The molecule has 0 N–H and O–H groups in total. The molecule has 0 aliphatic rings. The maximum absolute atomic E-state index is 10.7. The Labute approximate surface area is 298 Å². The van der Waals surface area contributed by atoms with Crippen LogP contribution < -0.4 is 10.2 Å². The zero-order valence-corrected chi connectivity index (χ0v) is 28.8. The number of aromatic carboxylic acids is 2. The maximum Gasteiger partial charge on any atom is 2.00 e. The first kappa shape index (κ1) is 38.0. The first-order valence-electron chi connectivity index (χ1n) is 15.9. The molecule has 0 spiro atoms. The smallest absolute Gasteiger partial charge is 0.545 e. The van der Waals surface area contributed by atoms with Gasteiger partial charge in [0.2, 0.25) is 0 Å². The Morgan fingerprint density at radius 2 is 0.844 bits per heavy atom. The van der Waals surface area contributed by atoms with Gasteiger partial charge >= 0.3 is 37.7 Å². The Bertz CT molecular complexity index is 1470. The first-order valence-corrected chi connectivity index (χ1v) is 15.9. The quantitative estimate of drug-likeness (QED) is 0.0973. The number of unbranched alkanes of at least 4 members (excludes halogenated alkanes) is 9. The summed E-state index contributed by atoms with van der Waals surface area (Å²) in [7, 11) is 0. The van der Waals surface area contributed by atoms with Gasteiger partial charge in [-0.05, 0) is 39.9 Å². The molecule has 5 rings (SSSR count). The van der Waals surface area contributed by atoms with Crippen molar-refractivity contribution in [2.24, 2.45) is 0 Å². The Hall–Kier alpha value is -3.18. The third-order valence-corrected chi connectivity index (χ3v) is 7.68. The normalized spacial score (nSPS) is 10.2. The summed E-state index contributed by atoms with van der Waals surface area (Å²) in [6.45, 7) is 2.28. The van der Waals surface area contributed by atoms with E-state index >= 15 is 0 Å². The van der Waals surface area contributed by atoms with Crippen molar-refractivity contribution in [3.05, 3.63) is 132 Å². The van der Waals surface area contributed by atoms with E-state index in [1.807, 2.05) is 48.5 Å². The van der Waals surface area contributed by atoms with Gasteiger partial charge in [0.1, 0.15) is 0 Å². The molecule has 5 aromatic carbocycles. The van der Waals surface area contributed by atoms with E-state index in [0.29, 0.717) is 0 Å². The Kier molecular flexibility index (Phi) is 18.9. The van der Waals surface area contributed by atoms with Crippen molar-refractivity contribution in [3.8, 4) is 0 Å². The molecule has 0 radical (unpaired) electrons. The van der Waals surface area contributed by atoms with E-state index in [1.165, 1.54) is 76.2 Å². The second kappa shape index (κ2) is 22.3. The number of fused-ring (bicyclic) bond motifs is 2. The zero-order chi connectivity index (χ0) is 31.4. The van der Waals surface area contributed by atoms with Crippen LogP contribution in [-0.4, -0.2) is 49.7 Å². The van der Waals surface area contributed by atoms with Crippen molar-refractivity contribution in [2.45, 2.75) is 77.6 Å². The Morgan fingerprint density at radius 1 is 0.467 bits per heavy atom. The number of benzene rings is 5. The first-order chi connectivity index (χ1) is 21.5. The summed E-state index contributed by atoms with van der Waals surface area (Å²) in [5.74, 6) is -2.26. The number of carboxylic acids is 2. The van der Waals surface area contributed by atoms with Crippen molar-refractivity contribution in [2.75, 3.05) is 0 Å². The van der Waals surface area contributed by atoms with Crippen LogP contribution in [0.25, 0.3) is 21.5 Å². The van der Waals surface area contributed by atoms with E-state index in [1.54, 1.807) is 36.4 Å². The van der Waals surface area contributed by atoms with Crippen LogP contribution in [0, 0.1) is 0 Å². The topological polar surface area (TPSA) is 80.3 Å². The number of carboxylic acid groups (broad SMARTS) is 2. The Balaban J connectivity index is 0.000000236. The SMILES string of the molecule is CCCCCCCCCCCCc1ccccc1.O=C([O-])c1cccc2ccccc12.O=C([O-])c1cccc2ccccc12.[Ca+2]. The van der Waals surface area contributed by atoms with Gasteiger partial charge in [-0.1, -0.05) is 180 Å². The summed E-state index contributed by atoms with van der Waals surface area (Å²) in [5, 5.41) is 24.7. The minimum Gasteiger partial charge on any atom is -0.545 e. The summed E-state index contributed by atoms with van der Waals surface area (Å²) in [6, 6.07) is 35.9. The van der Waals surface area contributed by atoms with Gasteiger partial charge in [0, 0.05) is 11.1 Å². The van der Waals surface area contributed by atoms with Crippen molar-refractivity contribution in [1.29, 1.82) is 0 Å². The van der Waals surface area contributed by atoms with E-state index < -0.39 is 11.9 Å². The molecular weight excluding hydrogens is 585 g/mol.